The molecule has 0 bridgehead atoms. The molecular weight excluding hydrogens is 215 g/mol. The van der Waals surface area contributed by atoms with Gasteiger partial charge in [-0.15, -0.1) is 0 Å². The Morgan fingerprint density at radius 1 is 1.53 bits per heavy atom. The maximum absolute atomic E-state index is 12.9. The normalized spacial score (nSPS) is 12.6. The highest BCUT2D eigenvalue weighted by Crippen LogP contribution is 2.22. The van der Waals surface area contributed by atoms with E-state index in [2.05, 4.69) is 6.92 Å². The van der Waals surface area contributed by atoms with E-state index in [-0.39, 0.29) is 10.8 Å². The van der Waals surface area contributed by atoms with Crippen LogP contribution in [0.25, 0.3) is 0 Å². The first kappa shape index (κ1) is 12.3. The number of rotatable bonds is 4. The highest BCUT2D eigenvalue weighted by molar-refractivity contribution is 6.31. The summed E-state index contributed by atoms with van der Waals surface area (Å²) in [6.45, 7) is 3.54. The van der Waals surface area contributed by atoms with Crippen molar-refractivity contribution in [2.75, 3.05) is 25.0 Å². The van der Waals surface area contributed by atoms with E-state index in [1.807, 2.05) is 11.9 Å². The fraction of sp³-hybridized carbons (Fsp3) is 0.455. The van der Waals surface area contributed by atoms with Gasteiger partial charge in [0.25, 0.3) is 0 Å². The molecule has 2 N–H and O–H groups in total. The molecule has 84 valence electrons. The predicted octanol–water partition coefficient (Wildman–Crippen LogP) is 2.51. The molecule has 1 rings (SSSR count). The van der Waals surface area contributed by atoms with Gasteiger partial charge in [-0.3, -0.25) is 0 Å². The predicted molar refractivity (Wildman–Crippen MR) is 62.9 cm³/mol. The summed E-state index contributed by atoms with van der Waals surface area (Å²) in [5.41, 5.74) is 6.44. The zero-order valence-corrected chi connectivity index (χ0v) is 9.76. The highest BCUT2D eigenvalue weighted by atomic mass is 35.5. The van der Waals surface area contributed by atoms with E-state index in [1.165, 1.54) is 6.07 Å². The third kappa shape index (κ3) is 3.36. The Kier molecular flexibility index (Phi) is 4.36. The summed E-state index contributed by atoms with van der Waals surface area (Å²) in [5.74, 6) is 0.0134. The van der Waals surface area contributed by atoms with Crippen molar-refractivity contribution in [1.82, 2.24) is 0 Å². The van der Waals surface area contributed by atoms with E-state index < -0.39 is 0 Å². The van der Waals surface area contributed by atoms with Gasteiger partial charge in [0, 0.05) is 19.3 Å². The summed E-state index contributed by atoms with van der Waals surface area (Å²) in [6.07, 6.45) is 0. The zero-order chi connectivity index (χ0) is 11.4. The lowest BCUT2D eigenvalue weighted by atomic mass is 10.1. The Hall–Kier alpha value is -0.800. The molecule has 0 heterocycles. The monoisotopic (exact) mass is 230 g/mol. The topological polar surface area (TPSA) is 29.3 Å². The van der Waals surface area contributed by atoms with Crippen molar-refractivity contribution >= 4 is 17.3 Å². The SMILES string of the molecule is CC(CN)CN(C)c1ccc(F)c(Cl)c1. The maximum Gasteiger partial charge on any atom is 0.141 e. The molecule has 1 unspecified atom stereocenters. The zero-order valence-electron chi connectivity index (χ0n) is 9.00. The Morgan fingerprint density at radius 2 is 2.20 bits per heavy atom. The summed E-state index contributed by atoms with van der Waals surface area (Å²) in [6, 6.07) is 4.71. The van der Waals surface area contributed by atoms with Gasteiger partial charge in [0.2, 0.25) is 0 Å². The van der Waals surface area contributed by atoms with Crippen molar-refractivity contribution < 1.29 is 4.39 Å². The van der Waals surface area contributed by atoms with Crippen LogP contribution in [-0.2, 0) is 0 Å². The molecule has 0 amide bonds. The van der Waals surface area contributed by atoms with Gasteiger partial charge in [0.15, 0.2) is 0 Å². The second kappa shape index (κ2) is 5.33. The molecule has 0 fully saturated rings. The molecule has 0 saturated heterocycles. The third-order valence-electron chi connectivity index (χ3n) is 2.33. The van der Waals surface area contributed by atoms with Crippen LogP contribution in [0, 0.1) is 11.7 Å². The van der Waals surface area contributed by atoms with E-state index in [4.69, 9.17) is 17.3 Å². The lowest BCUT2D eigenvalue weighted by Gasteiger charge is -2.22. The number of benzene rings is 1. The third-order valence-corrected chi connectivity index (χ3v) is 2.62. The van der Waals surface area contributed by atoms with Crippen molar-refractivity contribution in [1.29, 1.82) is 0 Å². The molecule has 0 saturated carbocycles. The maximum atomic E-state index is 12.9. The Balaban J connectivity index is 2.73. The van der Waals surface area contributed by atoms with Gasteiger partial charge >= 0.3 is 0 Å². The molecule has 1 aromatic rings. The Labute approximate surface area is 94.8 Å². The van der Waals surface area contributed by atoms with Crippen LogP contribution in [0.2, 0.25) is 5.02 Å². The molecule has 1 atom stereocenters. The molecular formula is C11H16ClFN2. The van der Waals surface area contributed by atoms with Crippen LogP contribution in [0.5, 0.6) is 0 Å². The van der Waals surface area contributed by atoms with E-state index in [0.717, 1.165) is 12.2 Å². The summed E-state index contributed by atoms with van der Waals surface area (Å²) in [4.78, 5) is 2.02. The molecule has 15 heavy (non-hydrogen) atoms. The lowest BCUT2D eigenvalue weighted by molar-refractivity contribution is 0.589. The summed E-state index contributed by atoms with van der Waals surface area (Å²) >= 11 is 5.70. The van der Waals surface area contributed by atoms with Gasteiger partial charge in [-0.25, -0.2) is 4.39 Å². The minimum absolute atomic E-state index is 0.153. The largest absolute Gasteiger partial charge is 0.374 e. The summed E-state index contributed by atoms with van der Waals surface area (Å²) in [5, 5.41) is 0.153. The molecule has 0 aromatic heterocycles. The number of anilines is 1. The van der Waals surface area contributed by atoms with Gasteiger partial charge in [-0.2, -0.15) is 0 Å². The lowest BCUT2D eigenvalue weighted by Crippen LogP contribution is -2.28. The second-order valence-electron chi connectivity index (χ2n) is 3.82. The van der Waals surface area contributed by atoms with E-state index in [9.17, 15) is 4.39 Å². The van der Waals surface area contributed by atoms with Crippen molar-refractivity contribution in [3.63, 3.8) is 0 Å². The minimum Gasteiger partial charge on any atom is -0.374 e. The number of hydrogen-bond acceptors (Lipinski definition) is 2. The average molecular weight is 231 g/mol. The number of nitrogens with zero attached hydrogens (tertiary/aromatic N) is 1. The first-order valence-corrected chi connectivity index (χ1v) is 5.28. The van der Waals surface area contributed by atoms with Gasteiger partial charge in [0.05, 0.1) is 5.02 Å². The second-order valence-corrected chi connectivity index (χ2v) is 4.23. The first-order chi connectivity index (χ1) is 7.04. The van der Waals surface area contributed by atoms with Crippen LogP contribution < -0.4 is 10.6 Å². The Morgan fingerprint density at radius 3 is 2.73 bits per heavy atom. The van der Waals surface area contributed by atoms with Crippen molar-refractivity contribution in [2.24, 2.45) is 11.7 Å². The number of hydrogen-bond donors (Lipinski definition) is 1. The number of nitrogens with two attached hydrogens (primary N) is 1. The molecule has 0 aliphatic heterocycles. The van der Waals surface area contributed by atoms with Crippen molar-refractivity contribution in [2.45, 2.75) is 6.92 Å². The molecule has 4 heteroatoms. The Bertz CT molecular complexity index is 330. The average Bonchev–Trinajstić information content (AvgIpc) is 2.21. The molecule has 0 aliphatic rings. The van der Waals surface area contributed by atoms with E-state index in [1.54, 1.807) is 12.1 Å². The smallest absolute Gasteiger partial charge is 0.141 e. The van der Waals surface area contributed by atoms with Gasteiger partial charge in [0.1, 0.15) is 5.82 Å². The minimum atomic E-state index is -0.388. The van der Waals surface area contributed by atoms with Crippen LogP contribution in [0.1, 0.15) is 6.92 Å². The van der Waals surface area contributed by atoms with Crippen LogP contribution >= 0.6 is 11.6 Å². The van der Waals surface area contributed by atoms with Crippen LogP contribution in [-0.4, -0.2) is 20.1 Å². The number of halogens is 2. The summed E-state index contributed by atoms with van der Waals surface area (Å²) < 4.78 is 12.9. The van der Waals surface area contributed by atoms with Gasteiger partial charge in [-0.1, -0.05) is 18.5 Å². The van der Waals surface area contributed by atoms with Gasteiger partial charge < -0.3 is 10.6 Å². The summed E-state index contributed by atoms with van der Waals surface area (Å²) in [7, 11) is 1.94. The molecule has 2 nitrogen and oxygen atoms in total. The molecule has 0 radical (unpaired) electrons. The van der Waals surface area contributed by atoms with E-state index in [0.29, 0.717) is 12.5 Å². The van der Waals surface area contributed by atoms with Crippen LogP contribution in [0.3, 0.4) is 0 Å². The van der Waals surface area contributed by atoms with Crippen LogP contribution in [0.4, 0.5) is 10.1 Å². The fourth-order valence-corrected chi connectivity index (χ4v) is 1.54. The standard InChI is InChI=1S/C11H16ClFN2/c1-8(6-14)7-15(2)9-3-4-11(13)10(12)5-9/h3-5,8H,6-7,14H2,1-2H3. The quantitative estimate of drug-likeness (QED) is 0.861. The highest BCUT2D eigenvalue weighted by Gasteiger charge is 2.07. The molecule has 1 aromatic carbocycles. The van der Waals surface area contributed by atoms with E-state index >= 15 is 0 Å². The van der Waals surface area contributed by atoms with Gasteiger partial charge in [-0.05, 0) is 30.7 Å². The van der Waals surface area contributed by atoms with Crippen molar-refractivity contribution in [3.8, 4) is 0 Å². The first-order valence-electron chi connectivity index (χ1n) is 4.91. The molecule has 0 aliphatic carbocycles. The van der Waals surface area contributed by atoms with Crippen molar-refractivity contribution in [3.05, 3.63) is 29.0 Å². The molecule has 0 spiro atoms. The fourth-order valence-electron chi connectivity index (χ4n) is 1.37. The van der Waals surface area contributed by atoms with Crippen LogP contribution in [0.15, 0.2) is 18.2 Å².